The van der Waals surface area contributed by atoms with Crippen LogP contribution >= 0.6 is 11.6 Å². The minimum absolute atomic E-state index is 0.273. The smallest absolute Gasteiger partial charge is 0.274 e. The Kier molecular flexibility index (Phi) is 2.59. The Balaban J connectivity index is 2.09. The lowest BCUT2D eigenvalue weighted by atomic mass is 10.4. The van der Waals surface area contributed by atoms with Crippen molar-refractivity contribution in [2.45, 2.75) is 0 Å². The SMILES string of the molecule is O=C(Nc1ccc(Cl)nn1)c1ccn[nH]1. The zero-order chi connectivity index (χ0) is 10.7. The number of hydrogen-bond donors (Lipinski definition) is 2. The molecule has 0 radical (unpaired) electrons. The van der Waals surface area contributed by atoms with Crippen LogP contribution in [0.5, 0.6) is 0 Å². The number of nitrogens with zero attached hydrogens (tertiary/aromatic N) is 3. The number of hydrogen-bond acceptors (Lipinski definition) is 4. The third-order valence-electron chi connectivity index (χ3n) is 1.62. The summed E-state index contributed by atoms with van der Waals surface area (Å²) < 4.78 is 0. The van der Waals surface area contributed by atoms with E-state index in [0.717, 1.165) is 0 Å². The summed E-state index contributed by atoms with van der Waals surface area (Å²) >= 11 is 5.55. The summed E-state index contributed by atoms with van der Waals surface area (Å²) in [5, 5.41) is 16.3. The van der Waals surface area contributed by atoms with Crippen molar-refractivity contribution >= 4 is 23.3 Å². The minimum Gasteiger partial charge on any atom is -0.304 e. The number of nitrogens with one attached hydrogen (secondary N) is 2. The molecule has 2 aromatic rings. The molecule has 15 heavy (non-hydrogen) atoms. The van der Waals surface area contributed by atoms with E-state index in [4.69, 9.17) is 11.6 Å². The van der Waals surface area contributed by atoms with Gasteiger partial charge >= 0.3 is 0 Å². The molecule has 0 fully saturated rings. The van der Waals surface area contributed by atoms with Gasteiger partial charge in [0.15, 0.2) is 11.0 Å². The Hall–Kier alpha value is -1.95. The maximum atomic E-state index is 11.5. The number of H-pyrrole nitrogens is 1. The molecule has 0 aliphatic rings. The lowest BCUT2D eigenvalue weighted by Crippen LogP contribution is -2.13. The van der Waals surface area contributed by atoms with Crippen LogP contribution < -0.4 is 5.32 Å². The Labute approximate surface area is 89.7 Å². The van der Waals surface area contributed by atoms with Crippen molar-refractivity contribution in [3.8, 4) is 0 Å². The summed E-state index contributed by atoms with van der Waals surface area (Å²) in [6.07, 6.45) is 1.49. The first-order valence-electron chi connectivity index (χ1n) is 4.05. The van der Waals surface area contributed by atoms with Gasteiger partial charge in [0.1, 0.15) is 5.69 Å². The third-order valence-corrected chi connectivity index (χ3v) is 1.82. The van der Waals surface area contributed by atoms with Gasteiger partial charge < -0.3 is 5.32 Å². The van der Waals surface area contributed by atoms with Crippen LogP contribution in [-0.2, 0) is 0 Å². The first-order chi connectivity index (χ1) is 7.25. The fourth-order valence-electron chi connectivity index (χ4n) is 0.949. The fourth-order valence-corrected chi connectivity index (χ4v) is 1.05. The number of halogens is 1. The molecule has 7 heteroatoms. The number of carbonyl (C=O) groups is 1. The van der Waals surface area contributed by atoms with Gasteiger partial charge in [-0.15, -0.1) is 10.2 Å². The van der Waals surface area contributed by atoms with Crippen molar-refractivity contribution in [1.29, 1.82) is 0 Å². The summed E-state index contributed by atoms with van der Waals surface area (Å²) in [5.74, 6) is 0.00289. The predicted octanol–water partition coefficient (Wildman–Crippen LogP) is 1.11. The normalized spacial score (nSPS) is 9.93. The number of amides is 1. The number of aromatic amines is 1. The van der Waals surface area contributed by atoms with E-state index in [1.54, 1.807) is 12.1 Å². The zero-order valence-electron chi connectivity index (χ0n) is 7.44. The molecule has 0 unspecified atom stereocenters. The average Bonchev–Trinajstić information content (AvgIpc) is 2.74. The number of aromatic nitrogens is 4. The highest BCUT2D eigenvalue weighted by molar-refractivity contribution is 6.29. The van der Waals surface area contributed by atoms with E-state index in [2.05, 4.69) is 25.7 Å². The fraction of sp³-hybridized carbons (Fsp3) is 0. The molecule has 2 rings (SSSR count). The van der Waals surface area contributed by atoms with Gasteiger partial charge in [-0.1, -0.05) is 11.6 Å². The molecule has 6 nitrogen and oxygen atoms in total. The molecule has 0 aromatic carbocycles. The van der Waals surface area contributed by atoms with Gasteiger partial charge in [-0.25, -0.2) is 0 Å². The molecule has 0 bridgehead atoms. The van der Waals surface area contributed by atoms with E-state index in [9.17, 15) is 4.79 Å². The van der Waals surface area contributed by atoms with Crippen LogP contribution in [-0.4, -0.2) is 26.3 Å². The average molecular weight is 224 g/mol. The molecule has 0 spiro atoms. The summed E-state index contributed by atoms with van der Waals surface area (Å²) in [7, 11) is 0. The Bertz CT molecular complexity index is 452. The first kappa shape index (κ1) is 9.60. The highest BCUT2D eigenvalue weighted by atomic mass is 35.5. The maximum Gasteiger partial charge on any atom is 0.274 e. The molecule has 0 aliphatic carbocycles. The summed E-state index contributed by atoms with van der Waals surface area (Å²) in [6.45, 7) is 0. The van der Waals surface area contributed by atoms with Gasteiger partial charge in [-0.05, 0) is 18.2 Å². The van der Waals surface area contributed by atoms with E-state index in [1.807, 2.05) is 0 Å². The van der Waals surface area contributed by atoms with Gasteiger partial charge in [-0.2, -0.15) is 5.10 Å². The summed E-state index contributed by atoms with van der Waals surface area (Å²) in [4.78, 5) is 11.5. The second-order valence-electron chi connectivity index (χ2n) is 2.67. The molecule has 2 N–H and O–H groups in total. The predicted molar refractivity (Wildman–Crippen MR) is 53.6 cm³/mol. The molecular weight excluding hydrogens is 218 g/mol. The van der Waals surface area contributed by atoms with Gasteiger partial charge in [0.25, 0.3) is 5.91 Å². The van der Waals surface area contributed by atoms with Crippen molar-refractivity contribution in [2.24, 2.45) is 0 Å². The molecule has 0 aliphatic heterocycles. The van der Waals surface area contributed by atoms with E-state index in [1.165, 1.54) is 12.3 Å². The van der Waals surface area contributed by atoms with Crippen molar-refractivity contribution < 1.29 is 4.79 Å². The molecule has 0 saturated carbocycles. The number of anilines is 1. The highest BCUT2D eigenvalue weighted by Gasteiger charge is 2.07. The molecular formula is C8H6ClN5O. The summed E-state index contributed by atoms with van der Waals surface area (Å²) in [6, 6.07) is 4.65. The van der Waals surface area contributed by atoms with Gasteiger partial charge in [0.05, 0.1) is 0 Å². The van der Waals surface area contributed by atoms with Crippen LogP contribution in [0.15, 0.2) is 24.4 Å². The quantitative estimate of drug-likeness (QED) is 0.799. The monoisotopic (exact) mass is 223 g/mol. The van der Waals surface area contributed by atoms with Crippen LogP contribution in [0, 0.1) is 0 Å². The number of carbonyl (C=O) groups excluding carboxylic acids is 1. The van der Waals surface area contributed by atoms with Crippen molar-refractivity contribution in [1.82, 2.24) is 20.4 Å². The van der Waals surface area contributed by atoms with E-state index in [-0.39, 0.29) is 11.1 Å². The molecule has 76 valence electrons. The molecule has 1 amide bonds. The van der Waals surface area contributed by atoms with Gasteiger partial charge in [0, 0.05) is 6.20 Å². The van der Waals surface area contributed by atoms with Gasteiger partial charge in [-0.3, -0.25) is 9.89 Å². The Morgan fingerprint density at radius 2 is 2.20 bits per heavy atom. The zero-order valence-corrected chi connectivity index (χ0v) is 8.19. The maximum absolute atomic E-state index is 11.5. The molecule has 0 atom stereocenters. The van der Waals surface area contributed by atoms with Crippen LogP contribution in [0.25, 0.3) is 0 Å². The topological polar surface area (TPSA) is 83.6 Å². The lowest BCUT2D eigenvalue weighted by molar-refractivity contribution is 0.102. The molecule has 0 saturated heterocycles. The highest BCUT2D eigenvalue weighted by Crippen LogP contribution is 2.07. The standard InChI is InChI=1S/C8H6ClN5O/c9-6-1-2-7(14-13-6)11-8(15)5-3-4-10-12-5/h1-4H,(H,10,12)(H,11,14,15). The third kappa shape index (κ3) is 2.29. The van der Waals surface area contributed by atoms with E-state index in [0.29, 0.717) is 11.5 Å². The van der Waals surface area contributed by atoms with Crippen LogP contribution in [0.4, 0.5) is 5.82 Å². The van der Waals surface area contributed by atoms with Crippen molar-refractivity contribution in [3.05, 3.63) is 35.2 Å². The van der Waals surface area contributed by atoms with Crippen molar-refractivity contribution in [2.75, 3.05) is 5.32 Å². The second-order valence-corrected chi connectivity index (χ2v) is 3.05. The first-order valence-corrected chi connectivity index (χ1v) is 4.43. The lowest BCUT2D eigenvalue weighted by Gasteiger charge is -2.00. The Morgan fingerprint density at radius 1 is 1.33 bits per heavy atom. The summed E-state index contributed by atoms with van der Waals surface area (Å²) in [5.41, 5.74) is 0.353. The second kappa shape index (κ2) is 4.05. The molecule has 2 heterocycles. The van der Waals surface area contributed by atoms with Crippen LogP contribution in [0.2, 0.25) is 5.15 Å². The minimum atomic E-state index is -0.330. The van der Waals surface area contributed by atoms with Gasteiger partial charge in [0.2, 0.25) is 0 Å². The van der Waals surface area contributed by atoms with E-state index >= 15 is 0 Å². The largest absolute Gasteiger partial charge is 0.304 e. The van der Waals surface area contributed by atoms with Crippen molar-refractivity contribution in [3.63, 3.8) is 0 Å². The van der Waals surface area contributed by atoms with E-state index < -0.39 is 0 Å². The van der Waals surface area contributed by atoms with Crippen LogP contribution in [0.3, 0.4) is 0 Å². The molecule has 2 aromatic heterocycles. The Morgan fingerprint density at radius 3 is 2.80 bits per heavy atom. The van der Waals surface area contributed by atoms with Crippen LogP contribution in [0.1, 0.15) is 10.5 Å². The number of rotatable bonds is 2.